The van der Waals surface area contributed by atoms with Gasteiger partial charge in [0, 0.05) is 26.0 Å². The van der Waals surface area contributed by atoms with Crippen LogP contribution in [0, 0.1) is 22.7 Å². The normalized spacial score (nSPS) is 11.3. The van der Waals surface area contributed by atoms with Gasteiger partial charge in [0.25, 0.3) is 0 Å². The van der Waals surface area contributed by atoms with E-state index in [1.807, 2.05) is 48.5 Å². The van der Waals surface area contributed by atoms with Crippen molar-refractivity contribution in [3.8, 4) is 23.5 Å². The minimum Gasteiger partial charge on any atom is -0.306 e. The van der Waals surface area contributed by atoms with E-state index >= 15 is 0 Å². The van der Waals surface area contributed by atoms with Crippen LogP contribution in [0.25, 0.3) is 55.0 Å². The van der Waals surface area contributed by atoms with Gasteiger partial charge in [-0.1, -0.05) is 72.8 Å². The second-order valence-corrected chi connectivity index (χ2v) is 9.80. The van der Waals surface area contributed by atoms with Gasteiger partial charge in [0.1, 0.15) is 12.1 Å². The third kappa shape index (κ3) is 2.93. The molecule has 0 unspecified atom stereocenters. The van der Waals surface area contributed by atoms with Crippen LogP contribution in [0.2, 0.25) is 0 Å². The first-order valence-corrected chi connectivity index (χ1v) is 12.7. The summed E-state index contributed by atoms with van der Waals surface area (Å²) in [5.74, 6) is 0. The Morgan fingerprint density at radius 2 is 0.892 bits per heavy atom. The SMILES string of the molecule is N#Cc1cc(Br)c(C#N)c(-n2c3ccccc3c3ccccc32)c1-n1c2ccccc2c2ccccc21. The minimum absolute atomic E-state index is 0.474. The molecule has 0 N–H and O–H groups in total. The van der Waals surface area contributed by atoms with Crippen LogP contribution in [0.3, 0.4) is 0 Å². The monoisotopic (exact) mass is 536 g/mol. The maximum absolute atomic E-state index is 10.5. The fraction of sp³-hybridized carbons (Fsp3) is 0. The highest BCUT2D eigenvalue weighted by Gasteiger charge is 2.26. The van der Waals surface area contributed by atoms with Gasteiger partial charge in [0.2, 0.25) is 0 Å². The molecule has 2 heterocycles. The molecule has 0 radical (unpaired) electrons. The van der Waals surface area contributed by atoms with Crippen LogP contribution in [0.1, 0.15) is 11.1 Å². The van der Waals surface area contributed by atoms with Gasteiger partial charge >= 0.3 is 0 Å². The molecular weight excluding hydrogens is 520 g/mol. The third-order valence-corrected chi connectivity index (χ3v) is 7.69. The maximum atomic E-state index is 10.5. The van der Waals surface area contributed by atoms with Crippen molar-refractivity contribution in [2.24, 2.45) is 0 Å². The lowest BCUT2D eigenvalue weighted by atomic mass is 10.1. The summed E-state index contributed by atoms with van der Waals surface area (Å²) in [4.78, 5) is 0. The highest BCUT2D eigenvalue weighted by Crippen LogP contribution is 2.42. The Morgan fingerprint density at radius 1 is 0.514 bits per heavy atom. The maximum Gasteiger partial charge on any atom is 0.103 e. The number of para-hydroxylation sites is 4. The third-order valence-electron chi connectivity index (χ3n) is 7.07. The van der Waals surface area contributed by atoms with Gasteiger partial charge in [-0.15, -0.1) is 0 Å². The van der Waals surface area contributed by atoms with Crippen LogP contribution in [0.4, 0.5) is 0 Å². The summed E-state index contributed by atoms with van der Waals surface area (Å²) in [6, 6.07) is 39.5. The molecule has 0 fully saturated rings. The first kappa shape index (κ1) is 21.4. The van der Waals surface area contributed by atoms with Crippen LogP contribution in [0.5, 0.6) is 0 Å². The predicted molar refractivity (Wildman–Crippen MR) is 152 cm³/mol. The standard InChI is InChI=1S/C32H17BrN4/c33-26-17-20(18-34)31(36-27-13-5-1-9-21(27)22-10-2-6-14-28(22)36)32(25(26)19-35)37-29-15-7-3-11-23(29)24-12-4-8-16-30(24)37/h1-17H. The zero-order valence-corrected chi connectivity index (χ0v) is 21.1. The average molecular weight is 537 g/mol. The zero-order chi connectivity index (χ0) is 25.1. The van der Waals surface area contributed by atoms with Crippen LogP contribution in [-0.2, 0) is 0 Å². The summed E-state index contributed by atoms with van der Waals surface area (Å²) in [5, 5.41) is 25.3. The number of rotatable bonds is 2. The van der Waals surface area contributed by atoms with Crippen molar-refractivity contribution < 1.29 is 0 Å². The molecule has 0 aliphatic heterocycles. The van der Waals surface area contributed by atoms with Crippen LogP contribution in [0.15, 0.2) is 108 Å². The molecule has 172 valence electrons. The van der Waals surface area contributed by atoms with Gasteiger partial charge in [-0.05, 0) is 46.3 Å². The molecule has 0 amide bonds. The number of halogens is 1. The number of aromatic nitrogens is 2. The van der Waals surface area contributed by atoms with Gasteiger partial charge in [-0.3, -0.25) is 0 Å². The van der Waals surface area contributed by atoms with Gasteiger partial charge in [-0.2, -0.15) is 10.5 Å². The zero-order valence-electron chi connectivity index (χ0n) is 19.5. The van der Waals surface area contributed by atoms with Gasteiger partial charge < -0.3 is 9.13 Å². The van der Waals surface area contributed by atoms with E-state index in [0.29, 0.717) is 27.0 Å². The molecule has 0 aliphatic rings. The molecule has 5 heteroatoms. The summed E-state index contributed by atoms with van der Waals surface area (Å²) in [6.07, 6.45) is 0. The van der Waals surface area contributed by atoms with E-state index in [-0.39, 0.29) is 0 Å². The van der Waals surface area contributed by atoms with E-state index in [1.54, 1.807) is 6.07 Å². The second kappa shape index (κ2) is 8.10. The molecule has 7 rings (SSSR count). The highest BCUT2D eigenvalue weighted by atomic mass is 79.9. The van der Waals surface area contributed by atoms with Crippen molar-refractivity contribution in [2.45, 2.75) is 0 Å². The van der Waals surface area contributed by atoms with Crippen LogP contribution < -0.4 is 0 Å². The summed E-state index contributed by atoms with van der Waals surface area (Å²) in [7, 11) is 0. The summed E-state index contributed by atoms with van der Waals surface area (Å²) in [5.41, 5.74) is 6.23. The predicted octanol–water partition coefficient (Wildman–Crippen LogP) is 8.39. The molecule has 0 aliphatic carbocycles. The van der Waals surface area contributed by atoms with E-state index in [2.05, 4.69) is 85.7 Å². The molecule has 0 atom stereocenters. The number of benzene rings is 5. The Balaban J connectivity index is 1.78. The lowest BCUT2D eigenvalue weighted by Crippen LogP contribution is -2.09. The van der Waals surface area contributed by atoms with Crippen LogP contribution >= 0.6 is 15.9 Å². The number of hydrogen-bond acceptors (Lipinski definition) is 2. The Labute approximate surface area is 220 Å². The Morgan fingerprint density at radius 3 is 1.27 bits per heavy atom. The fourth-order valence-corrected chi connectivity index (χ4v) is 6.09. The number of fused-ring (bicyclic) bond motifs is 6. The lowest BCUT2D eigenvalue weighted by Gasteiger charge is -2.20. The second-order valence-electron chi connectivity index (χ2n) is 8.94. The number of nitrogens with zero attached hydrogens (tertiary/aromatic N) is 4. The average Bonchev–Trinajstić information content (AvgIpc) is 3.45. The quantitative estimate of drug-likeness (QED) is 0.222. The molecular formula is C32H17BrN4. The summed E-state index contributed by atoms with van der Waals surface area (Å²) >= 11 is 3.61. The van der Waals surface area contributed by atoms with Crippen molar-refractivity contribution in [2.75, 3.05) is 0 Å². The smallest absolute Gasteiger partial charge is 0.103 e. The summed E-state index contributed by atoms with van der Waals surface area (Å²) < 4.78 is 4.86. The Kier molecular flexibility index (Phi) is 4.69. The lowest BCUT2D eigenvalue weighted by molar-refractivity contribution is 1.08. The Bertz CT molecular complexity index is 2030. The van der Waals surface area contributed by atoms with Crippen LogP contribution in [-0.4, -0.2) is 9.13 Å². The molecule has 0 saturated heterocycles. The molecule has 37 heavy (non-hydrogen) atoms. The highest BCUT2D eigenvalue weighted by molar-refractivity contribution is 9.10. The molecule has 0 saturated carbocycles. The minimum atomic E-state index is 0.474. The van der Waals surface area contributed by atoms with Gasteiger partial charge in [-0.25, -0.2) is 0 Å². The fourth-order valence-electron chi connectivity index (χ4n) is 5.59. The number of nitriles is 2. The molecule has 7 aromatic rings. The van der Waals surface area contributed by atoms with Crippen molar-refractivity contribution >= 4 is 59.5 Å². The topological polar surface area (TPSA) is 57.4 Å². The van der Waals surface area contributed by atoms with Gasteiger partial charge in [0.05, 0.1) is 44.6 Å². The first-order chi connectivity index (χ1) is 18.2. The van der Waals surface area contributed by atoms with Crippen molar-refractivity contribution in [3.63, 3.8) is 0 Å². The van der Waals surface area contributed by atoms with E-state index in [9.17, 15) is 10.5 Å². The van der Waals surface area contributed by atoms with Gasteiger partial charge in [0.15, 0.2) is 0 Å². The van der Waals surface area contributed by atoms with E-state index in [1.165, 1.54) is 0 Å². The van der Waals surface area contributed by atoms with Crippen molar-refractivity contribution in [1.29, 1.82) is 10.5 Å². The number of hydrogen-bond donors (Lipinski definition) is 0. The molecule has 0 spiro atoms. The molecule has 4 nitrogen and oxygen atoms in total. The van der Waals surface area contributed by atoms with Crippen molar-refractivity contribution in [3.05, 3.63) is 119 Å². The molecule has 2 aromatic heterocycles. The molecule has 0 bridgehead atoms. The molecule has 5 aromatic carbocycles. The van der Waals surface area contributed by atoms with E-state index in [4.69, 9.17) is 0 Å². The first-order valence-electron chi connectivity index (χ1n) is 11.9. The summed E-state index contributed by atoms with van der Waals surface area (Å²) in [6.45, 7) is 0. The van der Waals surface area contributed by atoms with E-state index < -0.39 is 0 Å². The van der Waals surface area contributed by atoms with E-state index in [0.717, 1.165) is 43.6 Å². The Hall–Kier alpha value is -4.84. The van der Waals surface area contributed by atoms with Crippen molar-refractivity contribution in [1.82, 2.24) is 9.13 Å². The largest absolute Gasteiger partial charge is 0.306 e.